The van der Waals surface area contributed by atoms with E-state index in [1.165, 1.54) is 10.4 Å². The molecule has 0 radical (unpaired) electrons. The summed E-state index contributed by atoms with van der Waals surface area (Å²) < 4.78 is 26.7. The van der Waals surface area contributed by atoms with Gasteiger partial charge in [-0.3, -0.25) is 4.79 Å². The van der Waals surface area contributed by atoms with Gasteiger partial charge < -0.3 is 4.90 Å². The molecule has 0 spiro atoms. The van der Waals surface area contributed by atoms with E-state index >= 15 is 0 Å². The number of likely N-dealkylation sites (tertiary alicyclic amines) is 1. The second kappa shape index (κ2) is 6.38. The lowest BCUT2D eigenvalue weighted by atomic mass is 10.1. The first-order valence-electron chi connectivity index (χ1n) is 7.98. The van der Waals surface area contributed by atoms with Crippen LogP contribution < -0.4 is 0 Å². The van der Waals surface area contributed by atoms with Crippen LogP contribution in [-0.2, 0) is 10.0 Å². The molecule has 0 aliphatic carbocycles. The van der Waals surface area contributed by atoms with E-state index < -0.39 is 10.0 Å². The summed E-state index contributed by atoms with van der Waals surface area (Å²) in [5.74, 6) is -0.0572. The predicted molar refractivity (Wildman–Crippen MR) is 84.2 cm³/mol. The Labute approximate surface area is 132 Å². The summed E-state index contributed by atoms with van der Waals surface area (Å²) in [5.41, 5.74) is 0.474. The molecule has 1 aromatic rings. The zero-order valence-electron chi connectivity index (χ0n) is 12.7. The van der Waals surface area contributed by atoms with Gasteiger partial charge in [-0.25, -0.2) is 8.42 Å². The summed E-state index contributed by atoms with van der Waals surface area (Å²) in [6.07, 6.45) is 5.03. The molecule has 0 atom stereocenters. The third kappa shape index (κ3) is 3.03. The molecule has 22 heavy (non-hydrogen) atoms. The number of amides is 1. The first kappa shape index (κ1) is 15.5. The number of carbonyl (C=O) groups is 1. The van der Waals surface area contributed by atoms with Crippen LogP contribution in [0, 0.1) is 0 Å². The molecular formula is C16H22N2O3S. The molecule has 0 aromatic heterocycles. The minimum atomic E-state index is -3.46. The average molecular weight is 322 g/mol. The van der Waals surface area contributed by atoms with Crippen molar-refractivity contribution < 1.29 is 13.2 Å². The van der Waals surface area contributed by atoms with Gasteiger partial charge in [0.05, 0.1) is 4.90 Å². The molecule has 2 saturated heterocycles. The Bertz CT molecular complexity index is 645. The highest BCUT2D eigenvalue weighted by Crippen LogP contribution is 2.22. The van der Waals surface area contributed by atoms with Crippen molar-refractivity contribution in [2.45, 2.75) is 37.0 Å². The first-order chi connectivity index (χ1) is 10.6. The van der Waals surface area contributed by atoms with Crippen molar-refractivity contribution in [1.29, 1.82) is 0 Å². The van der Waals surface area contributed by atoms with Crippen molar-refractivity contribution in [3.8, 4) is 0 Å². The summed E-state index contributed by atoms with van der Waals surface area (Å²) in [7, 11) is -3.46. The molecule has 1 amide bonds. The van der Waals surface area contributed by atoms with Crippen LogP contribution in [0.5, 0.6) is 0 Å². The topological polar surface area (TPSA) is 57.7 Å². The summed E-state index contributed by atoms with van der Waals surface area (Å²) >= 11 is 0. The Kier molecular flexibility index (Phi) is 4.49. The highest BCUT2D eigenvalue weighted by molar-refractivity contribution is 7.89. The molecule has 3 rings (SSSR count). The quantitative estimate of drug-likeness (QED) is 0.856. The number of nitrogens with zero attached hydrogens (tertiary/aromatic N) is 2. The average Bonchev–Trinajstić information content (AvgIpc) is 3.10. The molecule has 0 saturated carbocycles. The SMILES string of the molecule is O=C(c1cccc(S(=O)(=O)N2CCCC2)c1)N1CCCCC1. The van der Waals surface area contributed by atoms with Gasteiger partial charge in [0, 0.05) is 31.7 Å². The molecule has 5 nitrogen and oxygen atoms in total. The molecule has 2 heterocycles. The van der Waals surface area contributed by atoms with Crippen LogP contribution in [0.1, 0.15) is 42.5 Å². The number of hydrogen-bond acceptors (Lipinski definition) is 3. The van der Waals surface area contributed by atoms with Crippen LogP contribution in [0.15, 0.2) is 29.2 Å². The zero-order chi connectivity index (χ0) is 15.6. The van der Waals surface area contributed by atoms with Crippen molar-refractivity contribution >= 4 is 15.9 Å². The monoisotopic (exact) mass is 322 g/mol. The second-order valence-corrected chi connectivity index (χ2v) is 7.93. The maximum atomic E-state index is 12.6. The first-order valence-corrected chi connectivity index (χ1v) is 9.42. The zero-order valence-corrected chi connectivity index (χ0v) is 13.5. The van der Waals surface area contributed by atoms with E-state index in [0.717, 1.165) is 45.2 Å². The van der Waals surface area contributed by atoms with Crippen LogP contribution in [-0.4, -0.2) is 49.7 Å². The Morgan fingerprint density at radius 1 is 0.909 bits per heavy atom. The van der Waals surface area contributed by atoms with Crippen molar-refractivity contribution in [2.75, 3.05) is 26.2 Å². The maximum Gasteiger partial charge on any atom is 0.253 e. The van der Waals surface area contributed by atoms with Gasteiger partial charge in [-0.2, -0.15) is 4.31 Å². The lowest BCUT2D eigenvalue weighted by Gasteiger charge is -2.27. The van der Waals surface area contributed by atoms with E-state index in [0.29, 0.717) is 18.7 Å². The fraction of sp³-hybridized carbons (Fsp3) is 0.562. The molecule has 120 valence electrons. The molecular weight excluding hydrogens is 300 g/mol. The van der Waals surface area contributed by atoms with E-state index in [1.54, 1.807) is 18.2 Å². The second-order valence-electron chi connectivity index (χ2n) is 5.99. The predicted octanol–water partition coefficient (Wildman–Crippen LogP) is 2.10. The largest absolute Gasteiger partial charge is 0.339 e. The van der Waals surface area contributed by atoms with E-state index in [2.05, 4.69) is 0 Å². The van der Waals surface area contributed by atoms with Gasteiger partial charge in [0.2, 0.25) is 10.0 Å². The number of rotatable bonds is 3. The normalized spacial score (nSPS) is 20.3. The van der Waals surface area contributed by atoms with Crippen molar-refractivity contribution in [2.24, 2.45) is 0 Å². The Morgan fingerprint density at radius 3 is 2.23 bits per heavy atom. The highest BCUT2D eigenvalue weighted by atomic mass is 32.2. The summed E-state index contributed by atoms with van der Waals surface area (Å²) in [5, 5.41) is 0. The van der Waals surface area contributed by atoms with Crippen LogP contribution in [0.3, 0.4) is 0 Å². The molecule has 2 aliphatic heterocycles. The molecule has 1 aromatic carbocycles. The smallest absolute Gasteiger partial charge is 0.253 e. The Balaban J connectivity index is 1.84. The number of sulfonamides is 1. The van der Waals surface area contributed by atoms with Gasteiger partial charge in [-0.05, 0) is 50.3 Å². The number of benzene rings is 1. The summed E-state index contributed by atoms with van der Waals surface area (Å²) in [6, 6.07) is 6.49. The molecule has 6 heteroatoms. The van der Waals surface area contributed by atoms with E-state index in [-0.39, 0.29) is 10.8 Å². The highest BCUT2D eigenvalue weighted by Gasteiger charge is 2.28. The van der Waals surface area contributed by atoms with Crippen LogP contribution in [0.25, 0.3) is 0 Å². The molecule has 0 unspecified atom stereocenters. The lowest BCUT2D eigenvalue weighted by molar-refractivity contribution is 0.0724. The number of carbonyl (C=O) groups excluding carboxylic acids is 1. The summed E-state index contributed by atoms with van der Waals surface area (Å²) in [6.45, 7) is 2.68. The van der Waals surface area contributed by atoms with Crippen LogP contribution >= 0.6 is 0 Å². The van der Waals surface area contributed by atoms with Crippen molar-refractivity contribution in [3.05, 3.63) is 29.8 Å². The summed E-state index contributed by atoms with van der Waals surface area (Å²) in [4.78, 5) is 14.6. The number of piperidine rings is 1. The fourth-order valence-electron chi connectivity index (χ4n) is 3.15. The van der Waals surface area contributed by atoms with E-state index in [1.807, 2.05) is 4.90 Å². The van der Waals surface area contributed by atoms with Gasteiger partial charge in [-0.1, -0.05) is 6.07 Å². The minimum absolute atomic E-state index is 0.0572. The molecule has 0 N–H and O–H groups in total. The van der Waals surface area contributed by atoms with Crippen LogP contribution in [0.4, 0.5) is 0 Å². The van der Waals surface area contributed by atoms with Gasteiger partial charge in [0.1, 0.15) is 0 Å². The van der Waals surface area contributed by atoms with Gasteiger partial charge in [0.15, 0.2) is 0 Å². The third-order valence-electron chi connectivity index (χ3n) is 4.43. The van der Waals surface area contributed by atoms with E-state index in [9.17, 15) is 13.2 Å². The van der Waals surface area contributed by atoms with Gasteiger partial charge >= 0.3 is 0 Å². The van der Waals surface area contributed by atoms with Gasteiger partial charge in [-0.15, -0.1) is 0 Å². The molecule has 0 bridgehead atoms. The molecule has 2 aliphatic rings. The van der Waals surface area contributed by atoms with E-state index in [4.69, 9.17) is 0 Å². The van der Waals surface area contributed by atoms with Crippen molar-refractivity contribution in [3.63, 3.8) is 0 Å². The fourth-order valence-corrected chi connectivity index (χ4v) is 4.71. The lowest BCUT2D eigenvalue weighted by Crippen LogP contribution is -2.35. The Hall–Kier alpha value is -1.40. The van der Waals surface area contributed by atoms with Crippen molar-refractivity contribution in [1.82, 2.24) is 9.21 Å². The maximum absolute atomic E-state index is 12.6. The minimum Gasteiger partial charge on any atom is -0.339 e. The van der Waals surface area contributed by atoms with Crippen LogP contribution in [0.2, 0.25) is 0 Å². The van der Waals surface area contributed by atoms with Gasteiger partial charge in [0.25, 0.3) is 5.91 Å². The number of hydrogen-bond donors (Lipinski definition) is 0. The Morgan fingerprint density at radius 2 is 1.55 bits per heavy atom. The molecule has 2 fully saturated rings. The third-order valence-corrected chi connectivity index (χ3v) is 6.32. The standard InChI is InChI=1S/C16H22N2O3S/c19-16(17-9-2-1-3-10-17)14-7-6-8-15(13-14)22(20,21)18-11-4-5-12-18/h6-8,13H,1-5,9-12H2.